The van der Waals surface area contributed by atoms with Crippen LogP contribution in [0, 0.1) is 5.92 Å². The third kappa shape index (κ3) is 3.45. The summed E-state index contributed by atoms with van der Waals surface area (Å²) in [7, 11) is -3.58. The first kappa shape index (κ1) is 14.3. The number of anilines is 1. The smallest absolute Gasteiger partial charge is 0.244 e. The lowest BCUT2D eigenvalue weighted by Crippen LogP contribution is -2.39. The van der Waals surface area contributed by atoms with Gasteiger partial charge in [0.05, 0.1) is 5.69 Å². The van der Waals surface area contributed by atoms with E-state index in [0.717, 1.165) is 19.3 Å². The highest BCUT2D eigenvalue weighted by Gasteiger charge is 2.26. The lowest BCUT2D eigenvalue weighted by Gasteiger charge is -2.22. The number of nitrogen functional groups attached to an aromatic ring is 1. The van der Waals surface area contributed by atoms with Crippen molar-refractivity contribution < 1.29 is 8.42 Å². The van der Waals surface area contributed by atoms with Crippen LogP contribution in [-0.4, -0.2) is 19.4 Å². The Kier molecular flexibility index (Phi) is 4.42. The van der Waals surface area contributed by atoms with E-state index in [-0.39, 0.29) is 16.6 Å². The molecule has 0 aliphatic heterocycles. The van der Waals surface area contributed by atoms with Crippen molar-refractivity contribution in [1.29, 1.82) is 0 Å². The predicted octanol–water partition coefficient (Wildman–Crippen LogP) is 1.91. The van der Waals surface area contributed by atoms with Crippen LogP contribution >= 0.6 is 0 Å². The van der Waals surface area contributed by atoms with Gasteiger partial charge in [0, 0.05) is 18.4 Å². The summed E-state index contributed by atoms with van der Waals surface area (Å²) < 4.78 is 27.5. The van der Waals surface area contributed by atoms with E-state index in [2.05, 4.69) is 16.6 Å². The van der Waals surface area contributed by atoms with Crippen LogP contribution in [0.3, 0.4) is 0 Å². The first-order valence-corrected chi connectivity index (χ1v) is 8.21. The highest BCUT2D eigenvalue weighted by atomic mass is 32.2. The van der Waals surface area contributed by atoms with Crippen LogP contribution in [0.25, 0.3) is 0 Å². The Morgan fingerprint density at radius 2 is 2.05 bits per heavy atom. The molecule has 0 radical (unpaired) electrons. The molecular weight excluding hydrogens is 262 g/mol. The zero-order chi connectivity index (χ0) is 13.9. The van der Waals surface area contributed by atoms with Gasteiger partial charge in [0.15, 0.2) is 0 Å². The third-order valence-corrected chi connectivity index (χ3v) is 5.31. The van der Waals surface area contributed by atoms with Crippen molar-refractivity contribution in [3.63, 3.8) is 0 Å². The first-order valence-electron chi connectivity index (χ1n) is 6.72. The molecule has 6 heteroatoms. The Hall–Kier alpha value is -1.14. The molecule has 106 valence electrons. The summed E-state index contributed by atoms with van der Waals surface area (Å²) in [6, 6.07) is 1.50. The van der Waals surface area contributed by atoms with Crippen LogP contribution < -0.4 is 10.5 Å². The second-order valence-corrected chi connectivity index (χ2v) is 6.94. The molecule has 1 heterocycles. The summed E-state index contributed by atoms with van der Waals surface area (Å²) in [6.45, 7) is 2.10. The maximum atomic E-state index is 12.3. The van der Waals surface area contributed by atoms with Crippen molar-refractivity contribution in [3.8, 4) is 0 Å². The summed E-state index contributed by atoms with van der Waals surface area (Å²) >= 11 is 0. The van der Waals surface area contributed by atoms with E-state index in [1.165, 1.54) is 31.3 Å². The van der Waals surface area contributed by atoms with Crippen LogP contribution in [0.15, 0.2) is 23.4 Å². The van der Waals surface area contributed by atoms with Gasteiger partial charge in [-0.1, -0.05) is 26.2 Å². The average molecular weight is 283 g/mol. The quantitative estimate of drug-likeness (QED) is 0.830. The van der Waals surface area contributed by atoms with Gasteiger partial charge in [0.2, 0.25) is 10.0 Å². The molecular formula is C13H21N3O2S. The fraction of sp³-hybridized carbons (Fsp3) is 0.615. The summed E-state index contributed by atoms with van der Waals surface area (Å²) in [6.07, 6.45) is 8.17. The molecule has 1 saturated carbocycles. The van der Waals surface area contributed by atoms with Crippen LogP contribution in [-0.2, 0) is 10.0 Å². The second kappa shape index (κ2) is 5.88. The Morgan fingerprint density at radius 3 is 2.79 bits per heavy atom. The fourth-order valence-corrected chi connectivity index (χ4v) is 4.00. The highest BCUT2D eigenvalue weighted by Crippen LogP contribution is 2.25. The zero-order valence-electron chi connectivity index (χ0n) is 11.2. The van der Waals surface area contributed by atoms with E-state index in [1.54, 1.807) is 0 Å². The van der Waals surface area contributed by atoms with E-state index < -0.39 is 10.0 Å². The van der Waals surface area contributed by atoms with Gasteiger partial charge in [0.1, 0.15) is 4.90 Å². The Morgan fingerprint density at radius 1 is 1.32 bits per heavy atom. The SMILES string of the molecule is CC1CCCCCC1NS(=O)(=O)c1cnccc1N. The zero-order valence-corrected chi connectivity index (χ0v) is 12.0. The molecule has 1 aromatic rings. The molecule has 0 amide bonds. The Bertz CT molecular complexity index is 530. The number of hydrogen-bond donors (Lipinski definition) is 2. The molecule has 2 rings (SSSR count). The number of hydrogen-bond acceptors (Lipinski definition) is 4. The molecule has 1 fully saturated rings. The van der Waals surface area contributed by atoms with Gasteiger partial charge in [-0.2, -0.15) is 0 Å². The van der Waals surface area contributed by atoms with Gasteiger partial charge >= 0.3 is 0 Å². The van der Waals surface area contributed by atoms with E-state index in [1.807, 2.05) is 0 Å². The monoisotopic (exact) mass is 283 g/mol. The van der Waals surface area contributed by atoms with Crippen molar-refractivity contribution in [1.82, 2.24) is 9.71 Å². The van der Waals surface area contributed by atoms with Crippen molar-refractivity contribution in [2.45, 2.75) is 50.0 Å². The van der Waals surface area contributed by atoms with E-state index >= 15 is 0 Å². The summed E-state index contributed by atoms with van der Waals surface area (Å²) in [5, 5.41) is 0. The van der Waals surface area contributed by atoms with Crippen molar-refractivity contribution in [2.75, 3.05) is 5.73 Å². The number of nitrogens with zero attached hydrogens (tertiary/aromatic N) is 1. The highest BCUT2D eigenvalue weighted by molar-refractivity contribution is 7.89. The molecule has 0 bridgehead atoms. The number of rotatable bonds is 3. The van der Waals surface area contributed by atoms with Gasteiger partial charge in [-0.3, -0.25) is 4.98 Å². The largest absolute Gasteiger partial charge is 0.398 e. The maximum absolute atomic E-state index is 12.3. The maximum Gasteiger partial charge on any atom is 0.244 e. The lowest BCUT2D eigenvalue weighted by molar-refractivity contribution is 0.399. The van der Waals surface area contributed by atoms with Gasteiger partial charge in [-0.15, -0.1) is 0 Å². The molecule has 5 nitrogen and oxygen atoms in total. The predicted molar refractivity (Wildman–Crippen MR) is 75.0 cm³/mol. The van der Waals surface area contributed by atoms with E-state index in [4.69, 9.17) is 5.73 Å². The number of sulfonamides is 1. The van der Waals surface area contributed by atoms with Crippen molar-refractivity contribution >= 4 is 15.7 Å². The van der Waals surface area contributed by atoms with E-state index in [0.29, 0.717) is 5.92 Å². The first-order chi connectivity index (χ1) is 9.00. The van der Waals surface area contributed by atoms with Crippen LogP contribution in [0.4, 0.5) is 5.69 Å². The molecule has 1 aromatic heterocycles. The molecule has 0 spiro atoms. The molecule has 3 N–H and O–H groups in total. The van der Waals surface area contributed by atoms with Gasteiger partial charge in [-0.25, -0.2) is 13.1 Å². The number of pyridine rings is 1. The minimum absolute atomic E-state index is 0.00731. The summed E-state index contributed by atoms with van der Waals surface area (Å²) in [5.41, 5.74) is 5.96. The molecule has 2 unspecified atom stereocenters. The van der Waals surface area contributed by atoms with Crippen LogP contribution in [0.2, 0.25) is 0 Å². The molecule has 0 saturated heterocycles. The van der Waals surface area contributed by atoms with Gasteiger partial charge in [0.25, 0.3) is 0 Å². The minimum Gasteiger partial charge on any atom is -0.398 e. The van der Waals surface area contributed by atoms with E-state index in [9.17, 15) is 8.42 Å². The standard InChI is InChI=1S/C13H21N3O2S/c1-10-5-3-2-4-6-12(10)16-19(17,18)13-9-15-8-7-11(13)14/h7-10,12,16H,2-6H2,1H3,(H2,14,15). The number of nitrogens with one attached hydrogen (secondary N) is 1. The van der Waals surface area contributed by atoms with Gasteiger partial charge in [-0.05, 0) is 24.8 Å². The number of aromatic nitrogens is 1. The molecule has 1 aliphatic rings. The Labute approximate surface area is 114 Å². The van der Waals surface area contributed by atoms with Gasteiger partial charge < -0.3 is 5.73 Å². The average Bonchev–Trinajstić information content (AvgIpc) is 2.55. The summed E-state index contributed by atoms with van der Waals surface area (Å²) in [5.74, 6) is 0.357. The Balaban J connectivity index is 2.19. The minimum atomic E-state index is -3.58. The van der Waals surface area contributed by atoms with Crippen molar-refractivity contribution in [3.05, 3.63) is 18.5 Å². The fourth-order valence-electron chi connectivity index (χ4n) is 2.55. The van der Waals surface area contributed by atoms with Crippen LogP contribution in [0.5, 0.6) is 0 Å². The third-order valence-electron chi connectivity index (χ3n) is 3.77. The summed E-state index contributed by atoms with van der Waals surface area (Å²) in [4.78, 5) is 3.92. The second-order valence-electron chi connectivity index (χ2n) is 5.26. The molecule has 19 heavy (non-hydrogen) atoms. The normalized spacial score (nSPS) is 24.9. The molecule has 1 aliphatic carbocycles. The van der Waals surface area contributed by atoms with Crippen molar-refractivity contribution in [2.24, 2.45) is 5.92 Å². The lowest BCUT2D eigenvalue weighted by atomic mass is 9.98. The molecule has 0 aromatic carbocycles. The van der Waals surface area contributed by atoms with Crippen LogP contribution in [0.1, 0.15) is 39.0 Å². The molecule has 2 atom stereocenters. The topological polar surface area (TPSA) is 85.1 Å². The number of nitrogens with two attached hydrogens (primary N) is 1.